The van der Waals surface area contributed by atoms with Crippen LogP contribution in [0.4, 0.5) is 0 Å². The van der Waals surface area contributed by atoms with E-state index in [0.29, 0.717) is 18.5 Å². The molecule has 1 fully saturated rings. The van der Waals surface area contributed by atoms with E-state index in [0.717, 1.165) is 12.1 Å². The van der Waals surface area contributed by atoms with Crippen LogP contribution in [-0.4, -0.2) is 50.5 Å². The van der Waals surface area contributed by atoms with Crippen LogP contribution < -0.4 is 0 Å². The molecule has 1 atom stereocenters. The summed E-state index contributed by atoms with van der Waals surface area (Å²) in [5, 5.41) is 0. The zero-order valence-electron chi connectivity index (χ0n) is 12.4. The maximum absolute atomic E-state index is 11.6. The number of hydrogen-bond donors (Lipinski definition) is 0. The van der Waals surface area contributed by atoms with Gasteiger partial charge in [-0.1, -0.05) is 19.1 Å². The maximum atomic E-state index is 11.6. The topological polar surface area (TPSA) is 63.7 Å². The summed E-state index contributed by atoms with van der Waals surface area (Å²) in [5.74, 6) is 0.187. The van der Waals surface area contributed by atoms with Crippen molar-refractivity contribution in [3.8, 4) is 0 Å². The van der Waals surface area contributed by atoms with Crippen LogP contribution in [0.15, 0.2) is 24.3 Å². The smallest absolute Gasteiger partial charge is 0.337 e. The van der Waals surface area contributed by atoms with Gasteiger partial charge in [0.25, 0.3) is 0 Å². The molecule has 6 heteroatoms. The molecule has 2 rings (SSSR count). The fourth-order valence-corrected chi connectivity index (χ4v) is 4.42. The number of methoxy groups -OCH3 is 1. The molecule has 0 aliphatic carbocycles. The van der Waals surface area contributed by atoms with Gasteiger partial charge in [-0.15, -0.1) is 0 Å². The second-order valence-electron chi connectivity index (χ2n) is 5.31. The van der Waals surface area contributed by atoms with Crippen molar-refractivity contribution in [2.45, 2.75) is 25.9 Å². The van der Waals surface area contributed by atoms with E-state index < -0.39 is 9.84 Å². The molecule has 5 nitrogen and oxygen atoms in total. The Morgan fingerprint density at radius 1 is 1.33 bits per heavy atom. The minimum atomic E-state index is -2.87. The van der Waals surface area contributed by atoms with Crippen molar-refractivity contribution >= 4 is 15.8 Å². The van der Waals surface area contributed by atoms with Crippen LogP contribution in [0, 0.1) is 0 Å². The molecular weight excluding hydrogens is 290 g/mol. The lowest BCUT2D eigenvalue weighted by Crippen LogP contribution is -2.35. The van der Waals surface area contributed by atoms with E-state index in [1.807, 2.05) is 19.1 Å². The van der Waals surface area contributed by atoms with Gasteiger partial charge < -0.3 is 4.74 Å². The Kier molecular flexibility index (Phi) is 5.00. The van der Waals surface area contributed by atoms with Crippen LogP contribution in [-0.2, 0) is 21.1 Å². The Labute approximate surface area is 125 Å². The van der Waals surface area contributed by atoms with Crippen molar-refractivity contribution in [3.05, 3.63) is 35.4 Å². The molecule has 0 aromatic heterocycles. The van der Waals surface area contributed by atoms with Gasteiger partial charge in [-0.2, -0.15) is 0 Å². The molecule has 1 aromatic carbocycles. The third kappa shape index (κ3) is 4.04. The maximum Gasteiger partial charge on any atom is 0.337 e. The van der Waals surface area contributed by atoms with Gasteiger partial charge in [-0.05, 0) is 30.7 Å². The third-order valence-corrected chi connectivity index (χ3v) is 5.64. The summed E-state index contributed by atoms with van der Waals surface area (Å²) in [6.07, 6.45) is 0.705. The first-order chi connectivity index (χ1) is 9.95. The van der Waals surface area contributed by atoms with Crippen molar-refractivity contribution in [2.75, 3.05) is 25.2 Å². The van der Waals surface area contributed by atoms with Crippen LogP contribution >= 0.6 is 0 Å². The Morgan fingerprint density at radius 3 is 2.48 bits per heavy atom. The molecule has 0 saturated carbocycles. The summed E-state index contributed by atoms with van der Waals surface area (Å²) in [5.41, 5.74) is 1.58. The first-order valence-corrected chi connectivity index (χ1v) is 8.89. The van der Waals surface area contributed by atoms with Gasteiger partial charge in [-0.25, -0.2) is 13.2 Å². The van der Waals surface area contributed by atoms with Gasteiger partial charge in [0, 0.05) is 12.6 Å². The molecule has 1 aliphatic rings. The summed E-state index contributed by atoms with van der Waals surface area (Å²) < 4.78 is 27.8. The molecule has 1 aliphatic heterocycles. The van der Waals surface area contributed by atoms with Crippen molar-refractivity contribution in [3.63, 3.8) is 0 Å². The Morgan fingerprint density at radius 2 is 2.00 bits per heavy atom. The third-order valence-electron chi connectivity index (χ3n) is 3.89. The normalized spacial score (nSPS) is 20.6. The lowest BCUT2D eigenvalue weighted by atomic mass is 10.1. The molecular formula is C15H21NO4S. The molecule has 0 amide bonds. The molecule has 1 saturated heterocycles. The average molecular weight is 311 g/mol. The van der Waals surface area contributed by atoms with Gasteiger partial charge in [0.15, 0.2) is 9.84 Å². The van der Waals surface area contributed by atoms with Crippen molar-refractivity contribution in [1.82, 2.24) is 4.90 Å². The highest BCUT2D eigenvalue weighted by molar-refractivity contribution is 7.91. The van der Waals surface area contributed by atoms with Gasteiger partial charge in [0.2, 0.25) is 0 Å². The second-order valence-corrected chi connectivity index (χ2v) is 7.54. The number of rotatable bonds is 5. The minimum Gasteiger partial charge on any atom is -0.465 e. The number of esters is 1. The molecule has 1 aromatic rings. The molecule has 1 heterocycles. The van der Waals surface area contributed by atoms with Gasteiger partial charge in [-0.3, -0.25) is 4.90 Å². The first kappa shape index (κ1) is 16.0. The SMILES string of the molecule is CCN(Cc1ccc(C(=O)OC)cc1)C1CCS(=O)(=O)C1. The average Bonchev–Trinajstić information content (AvgIpc) is 2.84. The van der Waals surface area contributed by atoms with E-state index in [9.17, 15) is 13.2 Å². The van der Waals surface area contributed by atoms with E-state index in [2.05, 4.69) is 9.64 Å². The van der Waals surface area contributed by atoms with Crippen LogP contribution in [0.25, 0.3) is 0 Å². The molecule has 1 unspecified atom stereocenters. The molecule has 116 valence electrons. The van der Waals surface area contributed by atoms with Crippen molar-refractivity contribution < 1.29 is 17.9 Å². The summed E-state index contributed by atoms with van der Waals surface area (Å²) in [4.78, 5) is 13.6. The lowest BCUT2D eigenvalue weighted by molar-refractivity contribution is 0.0600. The highest BCUT2D eigenvalue weighted by Gasteiger charge is 2.31. The van der Waals surface area contributed by atoms with E-state index in [1.54, 1.807) is 12.1 Å². The fourth-order valence-electron chi connectivity index (χ4n) is 2.66. The van der Waals surface area contributed by atoms with Gasteiger partial charge in [0.1, 0.15) is 0 Å². The minimum absolute atomic E-state index is 0.0975. The Hall–Kier alpha value is -1.40. The monoisotopic (exact) mass is 311 g/mol. The van der Waals surface area contributed by atoms with Crippen LogP contribution in [0.3, 0.4) is 0 Å². The standard InChI is InChI=1S/C15H21NO4S/c1-3-16(14-8-9-21(18,19)11-14)10-12-4-6-13(7-5-12)15(17)20-2/h4-7,14H,3,8-11H2,1-2H3. The summed E-state index contributed by atoms with van der Waals surface area (Å²) in [7, 11) is -1.51. The van der Waals surface area contributed by atoms with E-state index in [-0.39, 0.29) is 23.5 Å². The molecule has 21 heavy (non-hydrogen) atoms. The van der Waals surface area contributed by atoms with Crippen LogP contribution in [0.1, 0.15) is 29.3 Å². The lowest BCUT2D eigenvalue weighted by Gasteiger charge is -2.26. The van der Waals surface area contributed by atoms with E-state index >= 15 is 0 Å². The number of benzene rings is 1. The summed E-state index contributed by atoms with van der Waals surface area (Å²) >= 11 is 0. The number of hydrogen-bond acceptors (Lipinski definition) is 5. The molecule has 0 bridgehead atoms. The summed E-state index contributed by atoms with van der Waals surface area (Å²) in [6, 6.07) is 7.35. The molecule has 0 radical (unpaired) electrons. The first-order valence-electron chi connectivity index (χ1n) is 7.07. The van der Waals surface area contributed by atoms with E-state index in [4.69, 9.17) is 0 Å². The van der Waals surface area contributed by atoms with Crippen molar-refractivity contribution in [1.29, 1.82) is 0 Å². The highest BCUT2D eigenvalue weighted by atomic mass is 32.2. The van der Waals surface area contributed by atoms with Crippen molar-refractivity contribution in [2.24, 2.45) is 0 Å². The fraction of sp³-hybridized carbons (Fsp3) is 0.533. The number of nitrogens with zero attached hydrogens (tertiary/aromatic N) is 1. The highest BCUT2D eigenvalue weighted by Crippen LogP contribution is 2.20. The largest absolute Gasteiger partial charge is 0.465 e. The number of sulfone groups is 1. The summed E-state index contributed by atoms with van der Waals surface area (Å²) in [6.45, 7) is 3.53. The second kappa shape index (κ2) is 6.58. The number of carbonyl (C=O) groups is 1. The van der Waals surface area contributed by atoms with Gasteiger partial charge >= 0.3 is 5.97 Å². The van der Waals surface area contributed by atoms with E-state index in [1.165, 1.54) is 7.11 Å². The van der Waals surface area contributed by atoms with Crippen LogP contribution in [0.2, 0.25) is 0 Å². The van der Waals surface area contributed by atoms with Crippen LogP contribution in [0.5, 0.6) is 0 Å². The number of carbonyl (C=O) groups excluding carboxylic acids is 1. The predicted octanol–water partition coefficient (Wildman–Crippen LogP) is 1.48. The molecule has 0 N–H and O–H groups in total. The zero-order valence-corrected chi connectivity index (χ0v) is 13.2. The number of ether oxygens (including phenoxy) is 1. The Balaban J connectivity index is 2.04. The molecule has 0 spiro atoms. The van der Waals surface area contributed by atoms with Gasteiger partial charge in [0.05, 0.1) is 24.2 Å². The Bertz CT molecular complexity index is 595. The zero-order chi connectivity index (χ0) is 15.5. The predicted molar refractivity (Wildman–Crippen MR) is 80.9 cm³/mol. The quantitative estimate of drug-likeness (QED) is 0.771.